The Bertz CT molecular complexity index is 465. The molecule has 0 spiro atoms. The van der Waals surface area contributed by atoms with E-state index in [1.165, 1.54) is 0 Å². The number of aliphatic carboxylic acids is 1. The fourth-order valence-electron chi connectivity index (χ4n) is 2.64. The Hall–Kier alpha value is -1.08. The molecule has 6 nitrogen and oxygen atoms in total. The first-order chi connectivity index (χ1) is 9.55. The molecule has 1 aromatic heterocycles. The summed E-state index contributed by atoms with van der Waals surface area (Å²) in [6.07, 6.45) is 4.20. The summed E-state index contributed by atoms with van der Waals surface area (Å²) in [6.45, 7) is 4.65. The molecule has 20 heavy (non-hydrogen) atoms. The smallest absolute Gasteiger partial charge is 0.323 e. The van der Waals surface area contributed by atoms with E-state index in [4.69, 9.17) is 0 Å². The Kier molecular flexibility index (Phi) is 5.04. The number of rotatable bonds is 6. The maximum Gasteiger partial charge on any atom is 0.323 e. The van der Waals surface area contributed by atoms with Crippen molar-refractivity contribution in [2.24, 2.45) is 0 Å². The molecule has 2 rings (SSSR count). The van der Waals surface area contributed by atoms with Crippen LogP contribution < -0.4 is 5.32 Å². The van der Waals surface area contributed by atoms with Crippen molar-refractivity contribution in [2.45, 2.75) is 61.9 Å². The van der Waals surface area contributed by atoms with Crippen molar-refractivity contribution < 1.29 is 9.90 Å². The maximum absolute atomic E-state index is 11.7. The van der Waals surface area contributed by atoms with Gasteiger partial charge in [0, 0.05) is 5.25 Å². The van der Waals surface area contributed by atoms with E-state index in [-0.39, 0.29) is 5.25 Å². The molecule has 1 aliphatic rings. The van der Waals surface area contributed by atoms with Gasteiger partial charge in [-0.05, 0) is 45.6 Å². The number of hydrogen-bond acceptors (Lipinski definition) is 5. The highest BCUT2D eigenvalue weighted by atomic mass is 32.2. The number of thioether (sulfide) groups is 1. The fourth-order valence-corrected chi connectivity index (χ4v) is 3.88. The molecule has 7 heteroatoms. The van der Waals surface area contributed by atoms with Gasteiger partial charge in [-0.25, -0.2) is 4.98 Å². The lowest BCUT2D eigenvalue weighted by molar-refractivity contribution is -0.146. The summed E-state index contributed by atoms with van der Waals surface area (Å²) in [4.78, 5) is 16.0. The van der Waals surface area contributed by atoms with Gasteiger partial charge in [0.2, 0.25) is 5.16 Å². The van der Waals surface area contributed by atoms with Gasteiger partial charge in [-0.3, -0.25) is 9.89 Å². The highest BCUT2D eigenvalue weighted by molar-refractivity contribution is 7.99. The average molecular weight is 298 g/mol. The van der Waals surface area contributed by atoms with E-state index >= 15 is 0 Å². The highest BCUT2D eigenvalue weighted by Gasteiger charge is 2.42. The van der Waals surface area contributed by atoms with Crippen LogP contribution in [0.5, 0.6) is 0 Å². The van der Waals surface area contributed by atoms with Crippen molar-refractivity contribution in [1.29, 1.82) is 0 Å². The quantitative estimate of drug-likeness (QED) is 0.744. The number of aromatic nitrogens is 3. The molecule has 3 N–H and O–H groups in total. The molecule has 0 bridgehead atoms. The molecule has 1 saturated carbocycles. The molecule has 0 aliphatic heterocycles. The van der Waals surface area contributed by atoms with E-state index in [0.29, 0.717) is 18.0 Å². The molecule has 0 saturated heterocycles. The van der Waals surface area contributed by atoms with Crippen LogP contribution in [0, 0.1) is 6.92 Å². The molecule has 2 unspecified atom stereocenters. The van der Waals surface area contributed by atoms with Crippen LogP contribution in [-0.2, 0) is 4.79 Å². The average Bonchev–Trinajstić information content (AvgIpc) is 2.82. The van der Waals surface area contributed by atoms with Crippen molar-refractivity contribution in [2.75, 3.05) is 6.54 Å². The summed E-state index contributed by atoms with van der Waals surface area (Å²) in [5, 5.41) is 20.7. The van der Waals surface area contributed by atoms with E-state index in [1.807, 2.05) is 13.8 Å². The van der Waals surface area contributed by atoms with Gasteiger partial charge in [0.1, 0.15) is 11.4 Å². The van der Waals surface area contributed by atoms with Crippen LogP contribution in [0.1, 0.15) is 44.9 Å². The van der Waals surface area contributed by atoms with Gasteiger partial charge in [0.05, 0.1) is 0 Å². The molecule has 1 heterocycles. The van der Waals surface area contributed by atoms with Crippen LogP contribution in [-0.4, -0.2) is 43.6 Å². The van der Waals surface area contributed by atoms with Crippen molar-refractivity contribution in [1.82, 2.24) is 20.5 Å². The van der Waals surface area contributed by atoms with Crippen LogP contribution in [0.2, 0.25) is 0 Å². The number of nitrogens with zero attached hydrogens (tertiary/aromatic N) is 2. The van der Waals surface area contributed by atoms with Crippen LogP contribution in [0.4, 0.5) is 0 Å². The topological polar surface area (TPSA) is 90.9 Å². The normalized spacial score (nSPS) is 26.6. The van der Waals surface area contributed by atoms with Crippen LogP contribution in [0.25, 0.3) is 0 Å². The molecule has 1 aliphatic carbocycles. The Morgan fingerprint density at radius 2 is 2.45 bits per heavy atom. The number of carbonyl (C=O) groups is 1. The minimum absolute atomic E-state index is 0.249. The van der Waals surface area contributed by atoms with E-state index in [9.17, 15) is 9.90 Å². The molecule has 1 fully saturated rings. The van der Waals surface area contributed by atoms with Gasteiger partial charge in [-0.2, -0.15) is 0 Å². The molecule has 112 valence electrons. The summed E-state index contributed by atoms with van der Waals surface area (Å²) in [5.41, 5.74) is -0.780. The van der Waals surface area contributed by atoms with Crippen LogP contribution in [0.15, 0.2) is 5.16 Å². The zero-order valence-electron chi connectivity index (χ0n) is 12.0. The third kappa shape index (κ3) is 3.52. The van der Waals surface area contributed by atoms with Gasteiger partial charge in [-0.15, -0.1) is 5.10 Å². The summed E-state index contributed by atoms with van der Waals surface area (Å²) in [7, 11) is 0. The Morgan fingerprint density at radius 1 is 1.65 bits per heavy atom. The Balaban J connectivity index is 2.03. The number of carboxylic acid groups (broad SMARTS) is 1. The van der Waals surface area contributed by atoms with Gasteiger partial charge in [0.25, 0.3) is 0 Å². The van der Waals surface area contributed by atoms with Crippen LogP contribution in [0.3, 0.4) is 0 Å². The van der Waals surface area contributed by atoms with Crippen molar-refractivity contribution >= 4 is 17.7 Å². The first-order valence-corrected chi connectivity index (χ1v) is 7.98. The number of hydrogen-bond donors (Lipinski definition) is 3. The van der Waals surface area contributed by atoms with E-state index in [1.54, 1.807) is 11.8 Å². The lowest BCUT2D eigenvalue weighted by Crippen LogP contribution is -2.55. The zero-order chi connectivity index (χ0) is 14.6. The largest absolute Gasteiger partial charge is 0.480 e. The zero-order valence-corrected chi connectivity index (χ0v) is 12.8. The van der Waals surface area contributed by atoms with Gasteiger partial charge < -0.3 is 10.4 Å². The lowest BCUT2D eigenvalue weighted by atomic mass is 9.81. The highest BCUT2D eigenvalue weighted by Crippen LogP contribution is 2.37. The molecule has 0 radical (unpaired) electrons. The number of nitrogens with one attached hydrogen (secondary N) is 2. The third-order valence-corrected chi connectivity index (χ3v) is 4.81. The molecule has 0 aromatic carbocycles. The predicted molar refractivity (Wildman–Crippen MR) is 77.9 cm³/mol. The summed E-state index contributed by atoms with van der Waals surface area (Å²) >= 11 is 1.58. The van der Waals surface area contributed by atoms with Gasteiger partial charge in [-0.1, -0.05) is 18.7 Å². The monoisotopic (exact) mass is 298 g/mol. The summed E-state index contributed by atoms with van der Waals surface area (Å²) < 4.78 is 0. The van der Waals surface area contributed by atoms with Crippen molar-refractivity contribution in [3.8, 4) is 0 Å². The van der Waals surface area contributed by atoms with E-state index < -0.39 is 11.5 Å². The van der Waals surface area contributed by atoms with Gasteiger partial charge >= 0.3 is 5.97 Å². The fraction of sp³-hybridized carbons (Fsp3) is 0.769. The molecule has 1 aromatic rings. The predicted octanol–water partition coefficient (Wildman–Crippen LogP) is 1.97. The first-order valence-electron chi connectivity index (χ1n) is 7.10. The number of aryl methyl sites for hydroxylation is 1. The SMILES string of the molecule is CCCNC1(C(=O)O)CCCC(Sc2n[nH]c(C)n2)C1. The first kappa shape index (κ1) is 15.3. The molecular formula is C13H22N4O2S. The maximum atomic E-state index is 11.7. The number of carboxylic acids is 1. The van der Waals surface area contributed by atoms with E-state index in [0.717, 1.165) is 31.6 Å². The minimum atomic E-state index is -0.780. The molecule has 0 amide bonds. The van der Waals surface area contributed by atoms with Gasteiger partial charge in [0.15, 0.2) is 0 Å². The van der Waals surface area contributed by atoms with Crippen molar-refractivity contribution in [3.63, 3.8) is 0 Å². The second kappa shape index (κ2) is 6.58. The van der Waals surface area contributed by atoms with Crippen LogP contribution >= 0.6 is 11.8 Å². The standard InChI is InChI=1S/C13H22N4O2S/c1-3-7-14-13(11(18)19)6-4-5-10(8-13)20-12-15-9(2)16-17-12/h10,14H,3-8H2,1-2H3,(H,18,19)(H,15,16,17). The second-order valence-electron chi connectivity index (χ2n) is 5.35. The second-order valence-corrected chi connectivity index (χ2v) is 6.62. The Labute approximate surface area is 123 Å². The lowest BCUT2D eigenvalue weighted by Gasteiger charge is -2.37. The minimum Gasteiger partial charge on any atom is -0.480 e. The number of aromatic amines is 1. The third-order valence-electron chi connectivity index (χ3n) is 3.68. The van der Waals surface area contributed by atoms with Crippen molar-refractivity contribution in [3.05, 3.63) is 5.82 Å². The molecular weight excluding hydrogens is 276 g/mol. The Morgan fingerprint density at radius 3 is 3.05 bits per heavy atom. The summed E-state index contributed by atoms with van der Waals surface area (Å²) in [6, 6.07) is 0. The molecule has 2 atom stereocenters. The van der Waals surface area contributed by atoms with E-state index in [2.05, 4.69) is 20.5 Å². The number of H-pyrrole nitrogens is 1. The summed E-state index contributed by atoms with van der Waals surface area (Å²) in [5.74, 6) is 0.0549.